The lowest BCUT2D eigenvalue weighted by Gasteiger charge is -2.17. The Morgan fingerprint density at radius 1 is 1.12 bits per heavy atom. The van der Waals surface area contributed by atoms with Crippen LogP contribution in [0.1, 0.15) is 33.4 Å². The van der Waals surface area contributed by atoms with Crippen molar-refractivity contribution in [2.75, 3.05) is 13.1 Å². The minimum Gasteiger partial charge on any atom is -0.391 e. The van der Waals surface area contributed by atoms with E-state index in [1.165, 1.54) is 0 Å². The van der Waals surface area contributed by atoms with E-state index >= 15 is 0 Å². The largest absolute Gasteiger partial charge is 0.391 e. The molecule has 4 heteroatoms. The van der Waals surface area contributed by atoms with Crippen LogP contribution < -0.4 is 0 Å². The van der Waals surface area contributed by atoms with Crippen LogP contribution in [-0.4, -0.2) is 40.1 Å². The summed E-state index contributed by atoms with van der Waals surface area (Å²) in [6.45, 7) is 9.73. The number of carbonyl (C=O) groups is 1. The molecule has 0 radical (unpaired) electrons. The molecule has 2 aromatic rings. The predicted octanol–water partition coefficient (Wildman–Crippen LogP) is 3.28. The molecule has 2 heterocycles. The van der Waals surface area contributed by atoms with E-state index in [4.69, 9.17) is 4.98 Å². The average Bonchev–Trinajstić information content (AvgIpc) is 2.84. The lowest BCUT2D eigenvalue weighted by Crippen LogP contribution is -2.32. The van der Waals surface area contributed by atoms with E-state index in [0.29, 0.717) is 19.5 Å². The number of carbonyl (C=O) groups excluding carboxylic acids is 1. The summed E-state index contributed by atoms with van der Waals surface area (Å²) in [6.07, 6.45) is 0.227. The first-order valence-electron chi connectivity index (χ1n) is 9.53. The first-order chi connectivity index (χ1) is 12.2. The van der Waals surface area contributed by atoms with E-state index in [1.807, 2.05) is 29.2 Å². The number of aliphatic hydroxyl groups is 1. The number of aromatic nitrogens is 1. The topological polar surface area (TPSA) is 53.4 Å². The molecule has 0 spiro atoms. The maximum absolute atomic E-state index is 13.0. The zero-order valence-electron chi connectivity index (χ0n) is 16.1. The van der Waals surface area contributed by atoms with Crippen molar-refractivity contribution in [3.8, 4) is 0 Å². The number of pyridine rings is 1. The van der Waals surface area contributed by atoms with E-state index in [-0.39, 0.29) is 28.6 Å². The summed E-state index contributed by atoms with van der Waals surface area (Å²) in [5.41, 5.74) is 2.03. The molecule has 1 aliphatic heterocycles. The molecule has 2 aliphatic rings. The van der Waals surface area contributed by atoms with Gasteiger partial charge in [0.15, 0.2) is 0 Å². The smallest absolute Gasteiger partial charge is 0.226 e. The van der Waals surface area contributed by atoms with Crippen molar-refractivity contribution in [1.29, 1.82) is 0 Å². The minimum absolute atomic E-state index is 0.0347. The van der Waals surface area contributed by atoms with Gasteiger partial charge < -0.3 is 10.0 Å². The van der Waals surface area contributed by atoms with Gasteiger partial charge in [-0.25, -0.2) is 0 Å². The molecule has 1 saturated heterocycles. The highest BCUT2D eigenvalue weighted by Crippen LogP contribution is 2.68. The third kappa shape index (κ3) is 2.62. The Labute approximate surface area is 155 Å². The molecular formula is C22H28N2O2. The lowest BCUT2D eigenvalue weighted by atomic mass is 9.99. The molecule has 1 aromatic carbocycles. The fourth-order valence-corrected chi connectivity index (χ4v) is 4.72. The van der Waals surface area contributed by atoms with Crippen LogP contribution in [0.2, 0.25) is 0 Å². The van der Waals surface area contributed by atoms with Gasteiger partial charge in [-0.15, -0.1) is 0 Å². The number of rotatable bonds is 3. The monoisotopic (exact) mass is 352 g/mol. The molecule has 1 aromatic heterocycles. The van der Waals surface area contributed by atoms with E-state index in [1.54, 1.807) is 0 Å². The second-order valence-electron chi connectivity index (χ2n) is 9.15. The number of likely N-dealkylation sites (tertiary alicyclic amines) is 1. The van der Waals surface area contributed by atoms with Gasteiger partial charge >= 0.3 is 0 Å². The maximum Gasteiger partial charge on any atom is 0.226 e. The normalized spacial score (nSPS) is 27.0. The highest BCUT2D eigenvalue weighted by Gasteiger charge is 2.69. The fourth-order valence-electron chi connectivity index (χ4n) is 4.72. The number of nitrogens with zero attached hydrogens (tertiary/aromatic N) is 2. The third-order valence-electron chi connectivity index (χ3n) is 7.11. The minimum atomic E-state index is -0.475. The summed E-state index contributed by atoms with van der Waals surface area (Å²) in [7, 11) is 0. The van der Waals surface area contributed by atoms with Gasteiger partial charge in [0.05, 0.1) is 11.6 Å². The Kier molecular flexibility index (Phi) is 3.88. The second-order valence-corrected chi connectivity index (χ2v) is 9.15. The van der Waals surface area contributed by atoms with Gasteiger partial charge in [0, 0.05) is 36.0 Å². The Morgan fingerprint density at radius 3 is 2.50 bits per heavy atom. The fraction of sp³-hybridized carbons (Fsp3) is 0.545. The van der Waals surface area contributed by atoms with Crippen molar-refractivity contribution in [1.82, 2.24) is 9.88 Å². The van der Waals surface area contributed by atoms with Crippen LogP contribution in [0, 0.1) is 22.7 Å². The summed E-state index contributed by atoms with van der Waals surface area (Å²) < 4.78 is 0. The molecule has 26 heavy (non-hydrogen) atoms. The quantitative estimate of drug-likeness (QED) is 0.922. The van der Waals surface area contributed by atoms with Crippen LogP contribution >= 0.6 is 0 Å². The standard InChI is InChI=1S/C22H28N2O2/c1-21(2)19(22(21,3)4)20(26)24-12-15(18(25)13-24)11-16-10-9-14-7-5-6-8-17(14)23-16/h5-10,15,18-19,25H,11-13H2,1-4H3/t15-,18-/m1/s1. The molecule has 4 rings (SSSR count). The molecule has 0 bridgehead atoms. The molecule has 2 fully saturated rings. The van der Waals surface area contributed by atoms with Crippen LogP contribution in [0.25, 0.3) is 10.9 Å². The number of benzene rings is 1. The SMILES string of the molecule is CC1(C)C(C(=O)N2C[C@@H](Cc3ccc4ccccc4n3)[C@H](O)C2)C1(C)C. The first-order valence-corrected chi connectivity index (χ1v) is 9.53. The Balaban J connectivity index is 1.46. The molecule has 1 aliphatic carbocycles. The van der Waals surface area contributed by atoms with Crippen molar-refractivity contribution in [2.45, 2.75) is 40.2 Å². The van der Waals surface area contributed by atoms with Crippen molar-refractivity contribution in [3.63, 3.8) is 0 Å². The van der Waals surface area contributed by atoms with Crippen LogP contribution in [-0.2, 0) is 11.2 Å². The van der Waals surface area contributed by atoms with Gasteiger partial charge in [0.2, 0.25) is 5.91 Å². The summed E-state index contributed by atoms with van der Waals surface area (Å²) >= 11 is 0. The molecular weight excluding hydrogens is 324 g/mol. The van der Waals surface area contributed by atoms with Gasteiger partial charge in [-0.3, -0.25) is 9.78 Å². The summed E-state index contributed by atoms with van der Waals surface area (Å²) in [5.74, 6) is 0.311. The van der Waals surface area contributed by atoms with Crippen molar-refractivity contribution in [2.24, 2.45) is 22.7 Å². The molecule has 1 N–H and O–H groups in total. The number of hydrogen-bond acceptors (Lipinski definition) is 3. The summed E-state index contributed by atoms with van der Waals surface area (Å²) in [6, 6.07) is 12.2. The number of amides is 1. The van der Waals surface area contributed by atoms with Crippen LogP contribution in [0.3, 0.4) is 0 Å². The highest BCUT2D eigenvalue weighted by molar-refractivity contribution is 5.84. The maximum atomic E-state index is 13.0. The third-order valence-corrected chi connectivity index (χ3v) is 7.11. The average molecular weight is 352 g/mol. The molecule has 1 saturated carbocycles. The number of hydrogen-bond donors (Lipinski definition) is 1. The molecule has 138 valence electrons. The van der Waals surface area contributed by atoms with E-state index in [0.717, 1.165) is 16.6 Å². The van der Waals surface area contributed by atoms with Crippen molar-refractivity contribution < 1.29 is 9.90 Å². The molecule has 2 atom stereocenters. The van der Waals surface area contributed by atoms with E-state index < -0.39 is 6.10 Å². The van der Waals surface area contributed by atoms with Crippen molar-refractivity contribution >= 4 is 16.8 Å². The second kappa shape index (κ2) is 5.78. The van der Waals surface area contributed by atoms with Gasteiger partial charge in [-0.2, -0.15) is 0 Å². The zero-order chi connectivity index (χ0) is 18.7. The molecule has 4 nitrogen and oxygen atoms in total. The van der Waals surface area contributed by atoms with Crippen molar-refractivity contribution in [3.05, 3.63) is 42.1 Å². The Hall–Kier alpha value is -1.94. The molecule has 0 unspecified atom stereocenters. The number of fused-ring (bicyclic) bond motifs is 1. The van der Waals surface area contributed by atoms with Gasteiger partial charge in [-0.05, 0) is 29.4 Å². The summed E-state index contributed by atoms with van der Waals surface area (Å²) in [4.78, 5) is 19.6. The lowest BCUT2D eigenvalue weighted by molar-refractivity contribution is -0.133. The van der Waals surface area contributed by atoms with Gasteiger partial charge in [0.1, 0.15) is 0 Å². The summed E-state index contributed by atoms with van der Waals surface area (Å²) in [5, 5.41) is 11.6. The molecule has 1 amide bonds. The van der Waals surface area contributed by atoms with Crippen LogP contribution in [0.4, 0.5) is 0 Å². The Morgan fingerprint density at radius 2 is 1.81 bits per heavy atom. The number of β-amino-alcohol motifs (C(OH)–C–C–N with tert-alkyl or cyclic N) is 1. The van der Waals surface area contributed by atoms with Crippen LogP contribution in [0.5, 0.6) is 0 Å². The number of aliphatic hydroxyl groups excluding tert-OH is 1. The Bertz CT molecular complexity index is 844. The van der Waals surface area contributed by atoms with Crippen LogP contribution in [0.15, 0.2) is 36.4 Å². The highest BCUT2D eigenvalue weighted by atomic mass is 16.3. The number of para-hydroxylation sites is 1. The van der Waals surface area contributed by atoms with Gasteiger partial charge in [-0.1, -0.05) is 52.0 Å². The van der Waals surface area contributed by atoms with Gasteiger partial charge in [0.25, 0.3) is 0 Å². The first kappa shape index (κ1) is 17.5. The van der Waals surface area contributed by atoms with E-state index in [9.17, 15) is 9.90 Å². The predicted molar refractivity (Wildman–Crippen MR) is 103 cm³/mol. The zero-order valence-corrected chi connectivity index (χ0v) is 16.1. The van der Waals surface area contributed by atoms with E-state index in [2.05, 4.69) is 39.8 Å².